The molecule has 2 aromatic carbocycles. The third-order valence-corrected chi connectivity index (χ3v) is 3.80. The maximum Gasteiger partial charge on any atom is 0.210 e. The Bertz CT molecular complexity index is 579. The molecule has 0 saturated heterocycles. The van der Waals surface area contributed by atoms with Gasteiger partial charge in [0.2, 0.25) is 5.75 Å². The monoisotopic (exact) mass is 356 g/mol. The second kappa shape index (κ2) is 6.86. The summed E-state index contributed by atoms with van der Waals surface area (Å²) in [5.41, 5.74) is 1.01. The molecule has 0 aromatic heterocycles. The van der Waals surface area contributed by atoms with Gasteiger partial charge in [-0.05, 0) is 29.8 Å². The minimum Gasteiger partial charge on any atom is -0.493 e. The van der Waals surface area contributed by atoms with Gasteiger partial charge < -0.3 is 14.2 Å². The van der Waals surface area contributed by atoms with Gasteiger partial charge in [-0.1, -0.05) is 28.1 Å². The Balaban J connectivity index is 2.36. The van der Waals surface area contributed by atoms with Crippen molar-refractivity contribution in [2.24, 2.45) is 0 Å². The molecule has 0 heterocycles. The van der Waals surface area contributed by atoms with Crippen molar-refractivity contribution in [1.82, 2.24) is 0 Å². The molecule has 0 aliphatic carbocycles. The van der Waals surface area contributed by atoms with E-state index < -0.39 is 0 Å². The van der Waals surface area contributed by atoms with Crippen molar-refractivity contribution >= 4 is 27.5 Å². The van der Waals surface area contributed by atoms with Crippen molar-refractivity contribution in [3.05, 3.63) is 46.4 Å². The number of rotatable bonds is 5. The van der Waals surface area contributed by atoms with Gasteiger partial charge in [0, 0.05) is 10.4 Å². The van der Waals surface area contributed by atoms with Crippen LogP contribution in [0.25, 0.3) is 0 Å². The number of ether oxygens (including phenoxy) is 3. The SMILES string of the molecule is COc1cccc(OC)c1Oc1ccc(CCl)c(Br)c1. The zero-order valence-electron chi connectivity index (χ0n) is 11.2. The Morgan fingerprint density at radius 2 is 1.70 bits per heavy atom. The van der Waals surface area contributed by atoms with Gasteiger partial charge in [0.1, 0.15) is 5.75 Å². The van der Waals surface area contributed by atoms with Crippen LogP contribution in [0, 0.1) is 0 Å². The van der Waals surface area contributed by atoms with Crippen LogP contribution in [0.2, 0.25) is 0 Å². The molecule has 106 valence electrons. The summed E-state index contributed by atoms with van der Waals surface area (Å²) in [6.07, 6.45) is 0. The van der Waals surface area contributed by atoms with Gasteiger partial charge in [-0.15, -0.1) is 11.6 Å². The Morgan fingerprint density at radius 1 is 1.05 bits per heavy atom. The number of hydrogen-bond acceptors (Lipinski definition) is 3. The molecule has 0 bridgehead atoms. The first kappa shape index (κ1) is 15.0. The number of methoxy groups -OCH3 is 2. The Hall–Kier alpha value is -1.39. The van der Waals surface area contributed by atoms with Crippen LogP contribution >= 0.6 is 27.5 Å². The lowest BCUT2D eigenvalue weighted by Gasteiger charge is -2.14. The summed E-state index contributed by atoms with van der Waals surface area (Å²) in [5.74, 6) is 2.89. The predicted molar refractivity (Wildman–Crippen MR) is 83.3 cm³/mol. The molecular weight excluding hydrogens is 344 g/mol. The van der Waals surface area contributed by atoms with E-state index in [4.69, 9.17) is 25.8 Å². The van der Waals surface area contributed by atoms with Gasteiger partial charge in [-0.25, -0.2) is 0 Å². The minimum absolute atomic E-state index is 0.443. The molecule has 0 saturated carbocycles. The molecular formula is C15H14BrClO3. The standard InChI is InChI=1S/C15H14BrClO3/c1-18-13-4-3-5-14(19-2)15(13)20-11-7-6-10(9-17)12(16)8-11/h3-8H,9H2,1-2H3. The molecule has 2 aromatic rings. The average Bonchev–Trinajstić information content (AvgIpc) is 2.47. The molecule has 2 rings (SSSR count). The van der Waals surface area contributed by atoms with Gasteiger partial charge in [0.25, 0.3) is 0 Å². The topological polar surface area (TPSA) is 27.7 Å². The predicted octanol–water partition coefficient (Wildman–Crippen LogP) is 5.00. The minimum atomic E-state index is 0.443. The van der Waals surface area contributed by atoms with Crippen molar-refractivity contribution < 1.29 is 14.2 Å². The Kier molecular flexibility index (Phi) is 5.15. The highest BCUT2D eigenvalue weighted by Gasteiger charge is 2.13. The Morgan fingerprint density at radius 3 is 2.20 bits per heavy atom. The van der Waals surface area contributed by atoms with Crippen LogP contribution < -0.4 is 14.2 Å². The quantitative estimate of drug-likeness (QED) is 0.705. The molecule has 0 unspecified atom stereocenters. The number of alkyl halides is 1. The van der Waals surface area contributed by atoms with Crippen molar-refractivity contribution in [3.63, 3.8) is 0 Å². The lowest BCUT2D eigenvalue weighted by Crippen LogP contribution is -1.94. The van der Waals surface area contributed by atoms with Crippen molar-refractivity contribution in [1.29, 1.82) is 0 Å². The first-order valence-electron chi connectivity index (χ1n) is 5.92. The fraction of sp³-hybridized carbons (Fsp3) is 0.200. The second-order valence-electron chi connectivity index (χ2n) is 3.98. The summed E-state index contributed by atoms with van der Waals surface area (Å²) in [6, 6.07) is 11.1. The number of hydrogen-bond donors (Lipinski definition) is 0. The van der Waals surface area contributed by atoms with E-state index in [1.165, 1.54) is 0 Å². The van der Waals surface area contributed by atoms with Gasteiger partial charge in [-0.2, -0.15) is 0 Å². The molecule has 0 fully saturated rings. The van der Waals surface area contributed by atoms with Crippen LogP contribution in [0.3, 0.4) is 0 Å². The zero-order chi connectivity index (χ0) is 14.5. The molecule has 0 spiro atoms. The van der Waals surface area contributed by atoms with Gasteiger partial charge in [-0.3, -0.25) is 0 Å². The molecule has 0 aliphatic rings. The van der Waals surface area contributed by atoms with Gasteiger partial charge >= 0.3 is 0 Å². The van der Waals surface area contributed by atoms with Crippen LogP contribution in [0.15, 0.2) is 40.9 Å². The zero-order valence-corrected chi connectivity index (χ0v) is 13.5. The number of halogens is 2. The van der Waals surface area contributed by atoms with Crippen molar-refractivity contribution in [3.8, 4) is 23.0 Å². The van der Waals surface area contributed by atoms with Crippen molar-refractivity contribution in [2.45, 2.75) is 5.88 Å². The normalized spacial score (nSPS) is 10.2. The van der Waals surface area contributed by atoms with Gasteiger partial charge in [0.05, 0.1) is 14.2 Å². The molecule has 0 atom stereocenters. The molecule has 0 N–H and O–H groups in total. The van der Waals surface area contributed by atoms with E-state index in [0.29, 0.717) is 28.9 Å². The molecule has 3 nitrogen and oxygen atoms in total. The maximum atomic E-state index is 5.88. The summed E-state index contributed by atoms with van der Waals surface area (Å²) >= 11 is 9.29. The highest BCUT2D eigenvalue weighted by molar-refractivity contribution is 9.10. The fourth-order valence-corrected chi connectivity index (χ4v) is 2.63. The van der Waals surface area contributed by atoms with E-state index in [1.807, 2.05) is 36.4 Å². The van der Waals surface area contributed by atoms with E-state index in [1.54, 1.807) is 14.2 Å². The van der Waals surface area contributed by atoms with E-state index in [9.17, 15) is 0 Å². The van der Waals surface area contributed by atoms with E-state index in [0.717, 1.165) is 10.0 Å². The molecule has 0 aliphatic heterocycles. The summed E-state index contributed by atoms with van der Waals surface area (Å²) in [5, 5.41) is 0. The van der Waals surface area contributed by atoms with Crippen LogP contribution in [-0.4, -0.2) is 14.2 Å². The van der Waals surface area contributed by atoms with Crippen molar-refractivity contribution in [2.75, 3.05) is 14.2 Å². The highest BCUT2D eigenvalue weighted by atomic mass is 79.9. The third-order valence-electron chi connectivity index (χ3n) is 2.77. The number of para-hydroxylation sites is 1. The largest absolute Gasteiger partial charge is 0.493 e. The van der Waals surface area contributed by atoms with Crippen LogP contribution in [-0.2, 0) is 5.88 Å². The number of benzene rings is 2. The smallest absolute Gasteiger partial charge is 0.210 e. The van der Waals surface area contributed by atoms with E-state index in [2.05, 4.69) is 15.9 Å². The lowest BCUT2D eigenvalue weighted by molar-refractivity contribution is 0.346. The fourth-order valence-electron chi connectivity index (χ4n) is 1.74. The highest BCUT2D eigenvalue weighted by Crippen LogP contribution is 2.40. The first-order valence-corrected chi connectivity index (χ1v) is 7.25. The van der Waals surface area contributed by atoms with E-state index in [-0.39, 0.29) is 0 Å². The summed E-state index contributed by atoms with van der Waals surface area (Å²) in [4.78, 5) is 0. The summed E-state index contributed by atoms with van der Waals surface area (Å²) < 4.78 is 17.4. The molecule has 0 radical (unpaired) electrons. The van der Waals surface area contributed by atoms with E-state index >= 15 is 0 Å². The average molecular weight is 358 g/mol. The molecule has 0 amide bonds. The van der Waals surface area contributed by atoms with Gasteiger partial charge in [0.15, 0.2) is 11.5 Å². The second-order valence-corrected chi connectivity index (χ2v) is 5.10. The molecule has 20 heavy (non-hydrogen) atoms. The lowest BCUT2D eigenvalue weighted by atomic mass is 10.2. The third kappa shape index (κ3) is 3.19. The maximum absolute atomic E-state index is 5.88. The summed E-state index contributed by atoms with van der Waals surface area (Å²) in [6.45, 7) is 0. The van der Waals surface area contributed by atoms with Crippen LogP contribution in [0.1, 0.15) is 5.56 Å². The molecule has 5 heteroatoms. The first-order chi connectivity index (χ1) is 9.69. The van der Waals surface area contributed by atoms with Crippen LogP contribution in [0.4, 0.5) is 0 Å². The summed E-state index contributed by atoms with van der Waals surface area (Å²) in [7, 11) is 3.18. The van der Waals surface area contributed by atoms with Crippen LogP contribution in [0.5, 0.6) is 23.0 Å². The Labute approximate surface area is 131 Å².